The summed E-state index contributed by atoms with van der Waals surface area (Å²) in [7, 11) is 1.35. The summed E-state index contributed by atoms with van der Waals surface area (Å²) >= 11 is 2.77. The number of alkyl halides is 3. The van der Waals surface area contributed by atoms with Gasteiger partial charge in [0, 0.05) is 6.54 Å². The fourth-order valence-corrected chi connectivity index (χ4v) is 4.57. The predicted octanol–water partition coefficient (Wildman–Crippen LogP) is 6.20. The first kappa shape index (κ1) is 24.4. The van der Waals surface area contributed by atoms with Crippen molar-refractivity contribution < 1.29 is 27.4 Å². The molecule has 1 aliphatic rings. The van der Waals surface area contributed by atoms with E-state index in [1.165, 1.54) is 31.0 Å². The summed E-state index contributed by atoms with van der Waals surface area (Å²) in [5.41, 5.74) is 0.454. The third-order valence-electron chi connectivity index (χ3n) is 4.76. The molecule has 1 amide bonds. The molecule has 4 rings (SSSR count). The van der Waals surface area contributed by atoms with E-state index in [2.05, 4.69) is 10.3 Å². The Balaban J connectivity index is 1.52. The summed E-state index contributed by atoms with van der Waals surface area (Å²) in [6, 6.07) is 11.3. The molecule has 0 unspecified atom stereocenters. The van der Waals surface area contributed by atoms with E-state index in [-0.39, 0.29) is 17.1 Å². The van der Waals surface area contributed by atoms with Crippen molar-refractivity contribution in [2.75, 3.05) is 7.11 Å². The van der Waals surface area contributed by atoms with Gasteiger partial charge < -0.3 is 14.8 Å². The number of nitrogens with one attached hydrogen (secondary N) is 1. The zero-order chi connectivity index (χ0) is 25.0. The molecular weight excluding hydrogens is 499 g/mol. The number of thiophene rings is 1. The predicted molar refractivity (Wildman–Crippen MR) is 128 cm³/mol. The van der Waals surface area contributed by atoms with Crippen LogP contribution in [0.15, 0.2) is 63.1 Å². The minimum Gasteiger partial charge on any atom is -0.493 e. The Hall–Kier alpha value is -3.75. The molecule has 0 spiro atoms. The van der Waals surface area contributed by atoms with Crippen molar-refractivity contribution in [3.05, 3.63) is 80.4 Å². The van der Waals surface area contributed by atoms with E-state index >= 15 is 0 Å². The topological polar surface area (TPSA) is 83.7 Å². The minimum absolute atomic E-state index is 0.0460. The third kappa shape index (κ3) is 5.85. The molecule has 0 aliphatic carbocycles. The number of amides is 1. The number of halogens is 3. The highest BCUT2D eigenvalue weighted by Gasteiger charge is 2.35. The number of ether oxygens (including phenoxy) is 2. The molecule has 6 nitrogen and oxygen atoms in total. The van der Waals surface area contributed by atoms with Gasteiger partial charge in [-0.15, -0.1) is 0 Å². The maximum atomic E-state index is 13.5. The van der Waals surface area contributed by atoms with Crippen LogP contribution in [0.4, 0.5) is 13.2 Å². The second kappa shape index (κ2) is 10.2. The average molecular weight is 516 g/mol. The van der Waals surface area contributed by atoms with E-state index in [0.29, 0.717) is 22.2 Å². The Labute approximate surface area is 206 Å². The molecular formula is C24H16F3N3O3S2. The molecule has 2 aromatic carbocycles. The molecule has 2 heterocycles. The molecule has 0 saturated carbocycles. The number of benzene rings is 2. The van der Waals surface area contributed by atoms with Gasteiger partial charge in [-0.05, 0) is 76.1 Å². The van der Waals surface area contributed by atoms with Crippen LogP contribution in [0, 0.1) is 11.3 Å². The second-order valence-electron chi connectivity index (χ2n) is 7.15. The standard InChI is InChI=1S/C24H16F3N3O3S2/c1-32-20-9-14(10-21-22(31)30-23(35-21)29-12-16-6-7-34-13-16)2-5-19(20)33-18-4-3-15(11-28)8-17(18)24(25,26)27/h2-10,13H,12H2,1H3,(H,29,30,31)/b21-10+. The highest BCUT2D eigenvalue weighted by Crippen LogP contribution is 2.41. The number of methoxy groups -OCH3 is 1. The molecule has 1 N–H and O–H groups in total. The first-order valence-electron chi connectivity index (χ1n) is 10.0. The van der Waals surface area contributed by atoms with Crippen LogP contribution in [-0.2, 0) is 17.5 Å². The Kier molecular flexibility index (Phi) is 7.14. The van der Waals surface area contributed by atoms with Gasteiger partial charge in [-0.2, -0.15) is 34.8 Å². The number of nitriles is 1. The van der Waals surface area contributed by atoms with E-state index in [1.54, 1.807) is 35.6 Å². The summed E-state index contributed by atoms with van der Waals surface area (Å²) in [6.45, 7) is 0.547. The molecule has 0 fully saturated rings. The van der Waals surface area contributed by atoms with Gasteiger partial charge in [0.2, 0.25) is 0 Å². The van der Waals surface area contributed by atoms with Crippen molar-refractivity contribution in [2.45, 2.75) is 12.7 Å². The Morgan fingerprint density at radius 2 is 1.94 bits per heavy atom. The van der Waals surface area contributed by atoms with E-state index in [1.807, 2.05) is 16.8 Å². The number of aliphatic imine (C=N–C) groups is 1. The molecule has 0 bridgehead atoms. The van der Waals surface area contributed by atoms with Crippen molar-refractivity contribution in [1.29, 1.82) is 5.26 Å². The Morgan fingerprint density at radius 3 is 2.63 bits per heavy atom. The van der Waals surface area contributed by atoms with Crippen molar-refractivity contribution in [2.24, 2.45) is 4.99 Å². The van der Waals surface area contributed by atoms with Crippen LogP contribution >= 0.6 is 23.1 Å². The highest BCUT2D eigenvalue weighted by molar-refractivity contribution is 8.18. The van der Waals surface area contributed by atoms with Gasteiger partial charge in [0.25, 0.3) is 5.91 Å². The van der Waals surface area contributed by atoms with Crippen LogP contribution < -0.4 is 14.8 Å². The summed E-state index contributed by atoms with van der Waals surface area (Å²) in [5, 5.41) is 16.5. The molecule has 0 saturated heterocycles. The van der Waals surface area contributed by atoms with Crippen molar-refractivity contribution in [1.82, 2.24) is 5.32 Å². The summed E-state index contributed by atoms with van der Waals surface area (Å²) in [4.78, 5) is 16.7. The highest BCUT2D eigenvalue weighted by atomic mass is 32.2. The monoisotopic (exact) mass is 515 g/mol. The third-order valence-corrected chi connectivity index (χ3v) is 6.44. The number of hydrogen-bond acceptors (Lipinski definition) is 7. The number of carbonyl (C=O) groups is 1. The van der Waals surface area contributed by atoms with Gasteiger partial charge >= 0.3 is 6.18 Å². The van der Waals surface area contributed by atoms with Gasteiger partial charge in [0.05, 0.1) is 29.2 Å². The van der Waals surface area contributed by atoms with E-state index in [4.69, 9.17) is 14.7 Å². The van der Waals surface area contributed by atoms with Gasteiger partial charge in [-0.1, -0.05) is 6.07 Å². The number of nitrogens with zero attached hydrogens (tertiary/aromatic N) is 2. The van der Waals surface area contributed by atoms with E-state index in [9.17, 15) is 18.0 Å². The molecule has 3 aromatic rings. The molecule has 35 heavy (non-hydrogen) atoms. The Bertz CT molecular complexity index is 1360. The number of carbonyl (C=O) groups excluding carboxylic acids is 1. The van der Waals surface area contributed by atoms with Gasteiger partial charge in [0.15, 0.2) is 16.7 Å². The molecule has 178 valence electrons. The first-order chi connectivity index (χ1) is 16.8. The van der Waals surface area contributed by atoms with Crippen molar-refractivity contribution in [3.63, 3.8) is 0 Å². The lowest BCUT2D eigenvalue weighted by Crippen LogP contribution is -2.17. The SMILES string of the molecule is COc1cc(/C=C2/SC(NCc3ccsc3)=NC2=O)ccc1Oc1ccc(C#N)cc1C(F)(F)F. The normalized spacial score (nSPS) is 14.5. The zero-order valence-electron chi connectivity index (χ0n) is 18.1. The quantitative estimate of drug-likeness (QED) is 0.394. The fraction of sp³-hybridized carbons (Fsp3) is 0.125. The lowest BCUT2D eigenvalue weighted by atomic mass is 10.1. The lowest BCUT2D eigenvalue weighted by Gasteiger charge is -2.16. The van der Waals surface area contributed by atoms with Crippen LogP contribution in [0.1, 0.15) is 22.3 Å². The fourth-order valence-electron chi connectivity index (χ4n) is 3.09. The van der Waals surface area contributed by atoms with Crippen LogP contribution in [-0.4, -0.2) is 18.2 Å². The second-order valence-corrected chi connectivity index (χ2v) is 8.96. The Morgan fingerprint density at radius 1 is 1.14 bits per heavy atom. The molecule has 1 aliphatic heterocycles. The zero-order valence-corrected chi connectivity index (χ0v) is 19.7. The van der Waals surface area contributed by atoms with E-state index < -0.39 is 23.4 Å². The van der Waals surface area contributed by atoms with Crippen LogP contribution in [0.25, 0.3) is 6.08 Å². The van der Waals surface area contributed by atoms with Gasteiger partial charge in [-0.25, -0.2) is 0 Å². The number of rotatable bonds is 6. The lowest BCUT2D eigenvalue weighted by molar-refractivity contribution is -0.138. The van der Waals surface area contributed by atoms with Crippen molar-refractivity contribution in [3.8, 4) is 23.3 Å². The first-order valence-corrected chi connectivity index (χ1v) is 11.8. The smallest absolute Gasteiger partial charge is 0.420 e. The van der Waals surface area contributed by atoms with Gasteiger partial charge in [-0.3, -0.25) is 4.79 Å². The van der Waals surface area contributed by atoms with Crippen LogP contribution in [0.5, 0.6) is 17.2 Å². The minimum atomic E-state index is -4.71. The average Bonchev–Trinajstić information content (AvgIpc) is 3.48. The number of hydrogen-bond donors (Lipinski definition) is 1. The largest absolute Gasteiger partial charge is 0.493 e. The summed E-state index contributed by atoms with van der Waals surface area (Å²) < 4.78 is 51.2. The van der Waals surface area contributed by atoms with Crippen molar-refractivity contribution >= 4 is 40.2 Å². The molecule has 1 aromatic heterocycles. The maximum absolute atomic E-state index is 13.5. The maximum Gasteiger partial charge on any atom is 0.420 e. The number of thioether (sulfide) groups is 1. The molecule has 0 atom stereocenters. The van der Waals surface area contributed by atoms with E-state index in [0.717, 1.165) is 17.7 Å². The molecule has 0 radical (unpaired) electrons. The summed E-state index contributed by atoms with van der Waals surface area (Å²) in [5.74, 6) is -0.639. The van der Waals surface area contributed by atoms with Gasteiger partial charge in [0.1, 0.15) is 5.75 Å². The van der Waals surface area contributed by atoms with Crippen LogP contribution in [0.3, 0.4) is 0 Å². The van der Waals surface area contributed by atoms with Crippen LogP contribution in [0.2, 0.25) is 0 Å². The number of amidine groups is 1. The molecule has 11 heteroatoms. The summed E-state index contributed by atoms with van der Waals surface area (Å²) in [6.07, 6.45) is -3.10.